The third-order valence-corrected chi connectivity index (χ3v) is 3.15. The quantitative estimate of drug-likeness (QED) is 0.439. The molecular formula is C11H17N3O3S. The number of thioether (sulfide) groups is 1. The predicted molar refractivity (Wildman–Crippen MR) is 70.8 cm³/mol. The van der Waals surface area contributed by atoms with Crippen LogP contribution in [0.25, 0.3) is 0 Å². The van der Waals surface area contributed by atoms with Gasteiger partial charge < -0.3 is 15.6 Å². The maximum Gasteiger partial charge on any atom is 0.185 e. The first kappa shape index (κ1) is 14.9. The fourth-order valence-corrected chi connectivity index (χ4v) is 2.02. The van der Waals surface area contributed by atoms with Gasteiger partial charge >= 0.3 is 0 Å². The van der Waals surface area contributed by atoms with Crippen LogP contribution in [0.2, 0.25) is 0 Å². The fraction of sp³-hybridized carbons (Fsp3) is 0.455. The number of carbonyl (C=O) groups is 1. The fourth-order valence-electron chi connectivity index (χ4n) is 1.37. The maximum atomic E-state index is 10.7. The monoisotopic (exact) mass is 271 g/mol. The van der Waals surface area contributed by atoms with Gasteiger partial charge in [0.25, 0.3) is 0 Å². The molecule has 2 unspecified atom stereocenters. The molecule has 7 heteroatoms. The molecule has 0 saturated carbocycles. The number of rotatable bonds is 6. The topological polar surface area (TPSA) is 108 Å². The first-order valence-corrected chi connectivity index (χ1v) is 6.46. The van der Waals surface area contributed by atoms with E-state index in [1.165, 1.54) is 6.92 Å². The van der Waals surface area contributed by atoms with Crippen LogP contribution < -0.4 is 11.3 Å². The Morgan fingerprint density at radius 3 is 2.89 bits per heavy atom. The highest BCUT2D eigenvalue weighted by atomic mass is 32.2. The zero-order chi connectivity index (χ0) is 13.5. The average molecular weight is 271 g/mol. The molecule has 5 N–H and O–H groups in total. The Labute approximate surface area is 110 Å². The molecule has 0 aliphatic rings. The second-order valence-corrected chi connectivity index (χ2v) is 5.00. The first-order chi connectivity index (χ1) is 8.54. The molecule has 0 aliphatic carbocycles. The number of nitrogens with zero attached hydrogens (tertiary/aromatic N) is 1. The van der Waals surface area contributed by atoms with E-state index in [1.54, 1.807) is 18.2 Å². The van der Waals surface area contributed by atoms with Gasteiger partial charge in [-0.15, -0.1) is 0 Å². The minimum atomic E-state index is -1.09. The number of nitrogens with two attached hydrogens (primary N) is 1. The Balaban J connectivity index is 2.56. The van der Waals surface area contributed by atoms with Gasteiger partial charge in [0, 0.05) is 12.7 Å². The molecule has 100 valence electrons. The molecule has 0 radical (unpaired) electrons. The van der Waals surface area contributed by atoms with Crippen LogP contribution >= 0.6 is 11.8 Å². The second kappa shape index (κ2) is 7.32. The van der Waals surface area contributed by atoms with Crippen LogP contribution in [0.4, 0.5) is 5.82 Å². The van der Waals surface area contributed by atoms with Crippen molar-refractivity contribution in [2.24, 2.45) is 5.84 Å². The number of aliphatic hydroxyl groups is 2. The van der Waals surface area contributed by atoms with Gasteiger partial charge in [-0.2, -0.15) is 0 Å². The predicted octanol–water partition coefficient (Wildman–Crippen LogP) is 0.431. The largest absolute Gasteiger partial charge is 0.390 e. The summed E-state index contributed by atoms with van der Waals surface area (Å²) in [5.74, 6) is 6.09. The van der Waals surface area contributed by atoms with E-state index >= 15 is 0 Å². The van der Waals surface area contributed by atoms with Gasteiger partial charge in [0.1, 0.15) is 11.9 Å². The number of nitrogens with one attached hydrogen (secondary N) is 1. The summed E-state index contributed by atoms with van der Waals surface area (Å²) in [5, 5.41) is 19.7. The van der Waals surface area contributed by atoms with Crippen molar-refractivity contribution >= 4 is 22.7 Å². The maximum absolute atomic E-state index is 10.7. The number of nitrogen functional groups attached to an aromatic ring is 1. The summed E-state index contributed by atoms with van der Waals surface area (Å²) >= 11 is 1.12. The molecule has 0 amide bonds. The average Bonchev–Trinajstić information content (AvgIpc) is 2.37. The van der Waals surface area contributed by atoms with Crippen LogP contribution in [0.1, 0.15) is 25.1 Å². The lowest BCUT2D eigenvalue weighted by Gasteiger charge is -2.17. The summed E-state index contributed by atoms with van der Waals surface area (Å²) in [4.78, 5) is 14.8. The van der Waals surface area contributed by atoms with Crippen molar-refractivity contribution in [1.29, 1.82) is 0 Å². The standard InChI is InChI=1S/C11H17N3O3S/c1-7(15)18-6-5-9(16)11(17)8-3-2-4-10(13-8)14-12/h2-4,9,11,16-17H,5-6,12H2,1H3,(H,13,14). The highest BCUT2D eigenvalue weighted by molar-refractivity contribution is 8.13. The summed E-state index contributed by atoms with van der Waals surface area (Å²) in [6.07, 6.45) is -1.74. The van der Waals surface area contributed by atoms with Gasteiger partial charge in [0.15, 0.2) is 5.12 Å². The van der Waals surface area contributed by atoms with E-state index in [-0.39, 0.29) is 5.12 Å². The normalized spacial score (nSPS) is 14.0. The number of hydrogen-bond donors (Lipinski definition) is 4. The number of hydrazine groups is 1. The van der Waals surface area contributed by atoms with Crippen LogP contribution in [-0.4, -0.2) is 32.2 Å². The summed E-state index contributed by atoms with van der Waals surface area (Å²) in [5.41, 5.74) is 2.71. The Kier molecular flexibility index (Phi) is 6.06. The third-order valence-electron chi connectivity index (χ3n) is 2.30. The van der Waals surface area contributed by atoms with Gasteiger partial charge in [-0.3, -0.25) is 4.79 Å². The van der Waals surface area contributed by atoms with E-state index in [1.807, 2.05) is 0 Å². The van der Waals surface area contributed by atoms with Crippen LogP contribution in [0, 0.1) is 0 Å². The lowest BCUT2D eigenvalue weighted by molar-refractivity contribution is -0.109. The van der Waals surface area contributed by atoms with E-state index in [0.717, 1.165) is 11.8 Å². The van der Waals surface area contributed by atoms with E-state index < -0.39 is 12.2 Å². The summed E-state index contributed by atoms with van der Waals surface area (Å²) in [6, 6.07) is 4.93. The van der Waals surface area contributed by atoms with Crippen molar-refractivity contribution in [3.63, 3.8) is 0 Å². The van der Waals surface area contributed by atoms with Gasteiger partial charge in [-0.05, 0) is 18.6 Å². The lowest BCUT2D eigenvalue weighted by Crippen LogP contribution is -2.21. The molecular weight excluding hydrogens is 254 g/mol. The summed E-state index contributed by atoms with van der Waals surface area (Å²) < 4.78 is 0. The van der Waals surface area contributed by atoms with Crippen molar-refractivity contribution in [2.45, 2.75) is 25.6 Å². The second-order valence-electron chi connectivity index (χ2n) is 3.73. The number of hydrogen-bond acceptors (Lipinski definition) is 7. The molecule has 1 aromatic heterocycles. The minimum Gasteiger partial charge on any atom is -0.390 e. The molecule has 0 saturated heterocycles. The van der Waals surface area contributed by atoms with E-state index in [4.69, 9.17) is 5.84 Å². The molecule has 0 aromatic carbocycles. The molecule has 1 heterocycles. The lowest BCUT2D eigenvalue weighted by atomic mass is 10.1. The highest BCUT2D eigenvalue weighted by Crippen LogP contribution is 2.20. The molecule has 0 aliphatic heterocycles. The Hall–Kier alpha value is -1.15. The molecule has 0 bridgehead atoms. The highest BCUT2D eigenvalue weighted by Gasteiger charge is 2.19. The molecule has 0 spiro atoms. The zero-order valence-electron chi connectivity index (χ0n) is 10.0. The van der Waals surface area contributed by atoms with E-state index in [9.17, 15) is 15.0 Å². The van der Waals surface area contributed by atoms with Crippen molar-refractivity contribution in [3.8, 4) is 0 Å². The molecule has 1 aromatic rings. The van der Waals surface area contributed by atoms with Crippen molar-refractivity contribution in [3.05, 3.63) is 23.9 Å². The van der Waals surface area contributed by atoms with Crippen LogP contribution in [0.3, 0.4) is 0 Å². The number of aliphatic hydroxyl groups excluding tert-OH is 2. The number of carbonyl (C=O) groups excluding carboxylic acids is 1. The van der Waals surface area contributed by atoms with Crippen molar-refractivity contribution in [1.82, 2.24) is 4.98 Å². The number of aromatic nitrogens is 1. The third kappa shape index (κ3) is 4.61. The Morgan fingerprint density at radius 2 is 2.28 bits per heavy atom. The molecule has 6 nitrogen and oxygen atoms in total. The van der Waals surface area contributed by atoms with Gasteiger partial charge in [-0.1, -0.05) is 17.8 Å². The zero-order valence-corrected chi connectivity index (χ0v) is 10.9. The Morgan fingerprint density at radius 1 is 1.56 bits per heavy atom. The van der Waals surface area contributed by atoms with Crippen LogP contribution in [0.5, 0.6) is 0 Å². The molecule has 18 heavy (non-hydrogen) atoms. The van der Waals surface area contributed by atoms with Crippen molar-refractivity contribution in [2.75, 3.05) is 11.2 Å². The van der Waals surface area contributed by atoms with Gasteiger partial charge in [0.05, 0.1) is 11.8 Å². The SMILES string of the molecule is CC(=O)SCCC(O)C(O)c1cccc(NN)n1. The van der Waals surface area contributed by atoms with Gasteiger partial charge in [0.2, 0.25) is 0 Å². The van der Waals surface area contributed by atoms with Crippen molar-refractivity contribution < 1.29 is 15.0 Å². The van der Waals surface area contributed by atoms with Crippen LogP contribution in [0.15, 0.2) is 18.2 Å². The van der Waals surface area contributed by atoms with Gasteiger partial charge in [-0.25, -0.2) is 10.8 Å². The number of anilines is 1. The molecule has 2 atom stereocenters. The minimum absolute atomic E-state index is 0.0101. The summed E-state index contributed by atoms with van der Waals surface area (Å²) in [7, 11) is 0. The number of pyridine rings is 1. The Bertz CT molecular complexity index is 403. The molecule has 0 fully saturated rings. The smallest absolute Gasteiger partial charge is 0.185 e. The molecule has 1 rings (SSSR count). The van der Waals surface area contributed by atoms with E-state index in [0.29, 0.717) is 23.7 Å². The first-order valence-electron chi connectivity index (χ1n) is 5.47. The van der Waals surface area contributed by atoms with Crippen LogP contribution in [-0.2, 0) is 4.79 Å². The van der Waals surface area contributed by atoms with E-state index in [2.05, 4.69) is 10.4 Å². The summed E-state index contributed by atoms with van der Waals surface area (Å²) in [6.45, 7) is 1.46.